The van der Waals surface area contributed by atoms with Gasteiger partial charge in [0, 0.05) is 30.8 Å². The number of nitrogens with one attached hydrogen (secondary N) is 1. The summed E-state index contributed by atoms with van der Waals surface area (Å²) in [5.74, 6) is 4.84. The van der Waals surface area contributed by atoms with Gasteiger partial charge >= 0.3 is 5.97 Å². The molecule has 2 aromatic rings. The van der Waals surface area contributed by atoms with E-state index in [0.29, 0.717) is 43.7 Å². The summed E-state index contributed by atoms with van der Waals surface area (Å²) in [6.45, 7) is 4.53. The maximum atomic E-state index is 13.3. The average Bonchev–Trinajstić information content (AvgIpc) is 3.05. The van der Waals surface area contributed by atoms with Crippen LogP contribution in [0.2, 0.25) is 0 Å². The summed E-state index contributed by atoms with van der Waals surface area (Å²) in [6.07, 6.45) is 2.71. The van der Waals surface area contributed by atoms with Crippen LogP contribution in [0.1, 0.15) is 49.0 Å². The van der Waals surface area contributed by atoms with Crippen LogP contribution in [0.15, 0.2) is 58.4 Å². The lowest BCUT2D eigenvalue weighted by atomic mass is 10.00. The maximum Gasteiger partial charge on any atom is 0.338 e. The molecule has 0 bridgehead atoms. The normalized spacial score (nSPS) is 15.1. The third kappa shape index (κ3) is 6.65. The number of esters is 1. The molecule has 1 aliphatic rings. The van der Waals surface area contributed by atoms with Crippen molar-refractivity contribution >= 4 is 23.6 Å². The molecule has 0 aromatic heterocycles. The third-order valence-electron chi connectivity index (χ3n) is 5.67. The molecule has 1 aliphatic heterocycles. The van der Waals surface area contributed by atoms with Crippen LogP contribution >= 0.6 is 0 Å². The summed E-state index contributed by atoms with van der Waals surface area (Å²) < 4.78 is 17.8. The Labute approximate surface area is 205 Å². The lowest BCUT2D eigenvalue weighted by Crippen LogP contribution is -2.35. The number of fused-ring (bicyclic) bond motifs is 1. The number of rotatable bonds is 10. The van der Waals surface area contributed by atoms with Gasteiger partial charge in [0.05, 0.1) is 18.8 Å². The highest BCUT2D eigenvalue weighted by atomic mass is 19.1. The highest BCUT2D eigenvalue weighted by molar-refractivity contribution is 5.99. The van der Waals surface area contributed by atoms with Crippen LogP contribution in [0, 0.1) is 0 Å². The van der Waals surface area contributed by atoms with Crippen LogP contribution in [0.25, 0.3) is 17.2 Å². The minimum atomic E-state index is -0.525. The van der Waals surface area contributed by atoms with Gasteiger partial charge in [-0.25, -0.2) is 4.79 Å². The Morgan fingerprint density at radius 1 is 1.14 bits per heavy atom. The fraction of sp³-hybridized carbons (Fsp3) is 0.385. The van der Waals surface area contributed by atoms with Crippen molar-refractivity contribution in [3.63, 3.8) is 0 Å². The topological polar surface area (TPSA) is 109 Å². The van der Waals surface area contributed by atoms with Gasteiger partial charge in [0.15, 0.2) is 0 Å². The van der Waals surface area contributed by atoms with Gasteiger partial charge in [0.25, 0.3) is 0 Å². The van der Waals surface area contributed by atoms with Gasteiger partial charge in [-0.15, -0.1) is 5.11 Å². The number of nitrogens with two attached hydrogens (primary N) is 1. The second-order valence-electron chi connectivity index (χ2n) is 8.20. The second kappa shape index (κ2) is 12.6. The molecule has 9 heteroatoms. The van der Waals surface area contributed by atoms with Crippen molar-refractivity contribution in [2.45, 2.75) is 39.3 Å². The van der Waals surface area contributed by atoms with Crippen LogP contribution in [-0.4, -0.2) is 49.3 Å². The predicted molar refractivity (Wildman–Crippen MR) is 134 cm³/mol. The van der Waals surface area contributed by atoms with Crippen LogP contribution in [0.5, 0.6) is 0 Å². The van der Waals surface area contributed by atoms with E-state index in [1.807, 2.05) is 43.3 Å². The fourth-order valence-corrected chi connectivity index (χ4v) is 4.02. The van der Waals surface area contributed by atoms with E-state index >= 15 is 0 Å². The Hall–Kier alpha value is -3.75. The number of halogens is 1. The summed E-state index contributed by atoms with van der Waals surface area (Å²) in [5.41, 5.74) is 4.51. The fourth-order valence-electron chi connectivity index (χ4n) is 4.02. The molecule has 0 fully saturated rings. The zero-order chi connectivity index (χ0) is 25.2. The van der Waals surface area contributed by atoms with Crippen molar-refractivity contribution in [3.05, 3.63) is 59.2 Å². The molecule has 35 heavy (non-hydrogen) atoms. The van der Waals surface area contributed by atoms with Crippen molar-refractivity contribution in [3.8, 4) is 11.1 Å². The summed E-state index contributed by atoms with van der Waals surface area (Å²) in [5, 5.41) is 10.8. The highest BCUT2D eigenvalue weighted by Crippen LogP contribution is 2.32. The van der Waals surface area contributed by atoms with E-state index in [0.717, 1.165) is 28.8 Å². The lowest BCUT2D eigenvalue weighted by Gasteiger charge is -2.23. The Morgan fingerprint density at radius 2 is 1.89 bits per heavy atom. The molecule has 0 saturated heterocycles. The summed E-state index contributed by atoms with van der Waals surface area (Å²) in [6, 6.07) is 13.0. The molecule has 1 heterocycles. The summed E-state index contributed by atoms with van der Waals surface area (Å²) >= 11 is 0. The van der Waals surface area contributed by atoms with E-state index in [4.69, 9.17) is 10.6 Å². The molecule has 0 aliphatic carbocycles. The number of nitrogens with zero attached hydrogens (tertiary/aromatic N) is 3. The third-order valence-corrected chi connectivity index (χ3v) is 5.67. The number of carbonyl (C=O) groups is 2. The van der Waals surface area contributed by atoms with Gasteiger partial charge in [0.1, 0.15) is 6.17 Å². The van der Waals surface area contributed by atoms with Crippen LogP contribution in [0.4, 0.5) is 10.1 Å². The molecule has 0 saturated carbocycles. The van der Waals surface area contributed by atoms with Gasteiger partial charge in [-0.3, -0.25) is 9.18 Å². The van der Waals surface area contributed by atoms with Crippen molar-refractivity contribution in [2.24, 2.45) is 16.2 Å². The second-order valence-corrected chi connectivity index (χ2v) is 8.20. The summed E-state index contributed by atoms with van der Waals surface area (Å²) in [7, 11) is 0. The molecule has 3 N–H and O–H groups in total. The van der Waals surface area contributed by atoms with Gasteiger partial charge in [0.2, 0.25) is 5.91 Å². The number of benzene rings is 2. The first-order chi connectivity index (χ1) is 17.0. The van der Waals surface area contributed by atoms with Gasteiger partial charge < -0.3 is 20.8 Å². The van der Waals surface area contributed by atoms with E-state index < -0.39 is 12.8 Å². The van der Waals surface area contributed by atoms with Crippen molar-refractivity contribution in [1.29, 1.82) is 0 Å². The van der Waals surface area contributed by atoms with Crippen molar-refractivity contribution in [2.75, 3.05) is 31.7 Å². The van der Waals surface area contributed by atoms with Crippen molar-refractivity contribution < 1.29 is 18.7 Å². The number of hydrogen-bond acceptors (Lipinski definition) is 6. The van der Waals surface area contributed by atoms with E-state index in [1.165, 1.54) is 0 Å². The predicted octanol–water partition coefficient (Wildman–Crippen LogP) is 4.98. The van der Waals surface area contributed by atoms with Crippen LogP contribution in [-0.2, 0) is 9.53 Å². The average molecular weight is 482 g/mol. The first kappa shape index (κ1) is 25.9. The first-order valence-corrected chi connectivity index (χ1v) is 11.8. The Bertz CT molecular complexity index is 1080. The van der Waals surface area contributed by atoms with E-state index in [1.54, 1.807) is 24.0 Å². The number of alkyl halides is 1. The smallest absolute Gasteiger partial charge is 0.338 e. The molecule has 2 aromatic carbocycles. The minimum absolute atomic E-state index is 0.134. The number of carbonyl (C=O) groups excluding carboxylic acids is 2. The molecule has 0 radical (unpaired) electrons. The molecular formula is C26H32FN5O3. The maximum absolute atomic E-state index is 13.3. The molecular weight excluding hydrogens is 449 g/mol. The van der Waals surface area contributed by atoms with Crippen molar-refractivity contribution in [1.82, 2.24) is 4.90 Å². The van der Waals surface area contributed by atoms with E-state index in [2.05, 4.69) is 15.7 Å². The molecule has 186 valence electrons. The van der Waals surface area contributed by atoms with E-state index in [9.17, 15) is 14.0 Å². The number of ether oxygens (including phenoxy) is 1. The molecule has 3 rings (SSSR count). The van der Waals surface area contributed by atoms with Gasteiger partial charge in [-0.2, -0.15) is 0 Å². The summed E-state index contributed by atoms with van der Waals surface area (Å²) in [4.78, 5) is 26.9. The first-order valence-electron chi connectivity index (χ1n) is 11.8. The molecule has 1 amide bonds. The molecule has 8 nitrogen and oxygen atoms in total. The Balaban J connectivity index is 1.93. The lowest BCUT2D eigenvalue weighted by molar-refractivity contribution is -0.127. The Morgan fingerprint density at radius 3 is 2.54 bits per heavy atom. The quantitative estimate of drug-likeness (QED) is 0.215. The number of anilines is 1. The largest absolute Gasteiger partial charge is 0.462 e. The minimum Gasteiger partial charge on any atom is -0.462 e. The number of amides is 1. The van der Waals surface area contributed by atoms with Crippen LogP contribution in [0.3, 0.4) is 0 Å². The van der Waals surface area contributed by atoms with Gasteiger partial charge in [-0.05, 0) is 60.7 Å². The van der Waals surface area contributed by atoms with Gasteiger partial charge in [-0.1, -0.05) is 36.4 Å². The molecule has 1 atom stereocenters. The zero-order valence-electron chi connectivity index (χ0n) is 20.2. The highest BCUT2D eigenvalue weighted by Gasteiger charge is 2.25. The Kier molecular flexibility index (Phi) is 9.34. The number of hydrogen-bond donors (Lipinski definition) is 2. The monoisotopic (exact) mass is 481 g/mol. The zero-order valence-corrected chi connectivity index (χ0v) is 20.2. The molecule has 1 unspecified atom stereocenters. The SMILES string of the molecule is CCCN(CCCF)C(=O)C1=Cc2ccc(-c3ccc(C(=O)OCC)cc3)cc2NC(N=NN)C1. The molecule has 0 spiro atoms. The standard InChI is InChI=1S/C26H32FN5O3/c1-3-13-32(14-5-12-27)25(33)22-15-21-11-10-20(16-23(21)29-24(17-22)30-31-28)18-6-8-19(9-7-18)26(34)35-4-2/h6-11,15-16,24,29H,3-5,12-14,17H2,1-2H3,(H2,28,30). The van der Waals surface area contributed by atoms with E-state index in [-0.39, 0.29) is 11.9 Å². The van der Waals surface area contributed by atoms with Crippen LogP contribution < -0.4 is 11.2 Å².